The van der Waals surface area contributed by atoms with Crippen molar-refractivity contribution in [3.05, 3.63) is 0 Å². The van der Waals surface area contributed by atoms with Crippen LogP contribution < -0.4 is 10.6 Å². The number of hydrogen-bond donors (Lipinski definition) is 2. The maximum Gasteiger partial charge on any atom is 0.166 e. The van der Waals surface area contributed by atoms with Crippen LogP contribution in [0.2, 0.25) is 0 Å². The van der Waals surface area contributed by atoms with Crippen LogP contribution in [0, 0.1) is 11.8 Å². The number of thioether (sulfide) groups is 1. The molecule has 0 amide bonds. The standard InChI is InChI=1S/C17H32N4OS2/c1-22-7-3-18-17(23)19-11-16-10-14-2-4-21(16)13-15(14)12-20-5-8-24-9-6-20/h14-16H,2-13H2,1H3,(H2,18,19,23). The fraction of sp³-hybridized carbons (Fsp3) is 0.941. The van der Waals surface area contributed by atoms with Crippen LogP contribution in [0.1, 0.15) is 12.8 Å². The molecule has 4 atom stereocenters. The van der Waals surface area contributed by atoms with Crippen molar-refractivity contribution in [2.45, 2.75) is 18.9 Å². The van der Waals surface area contributed by atoms with Gasteiger partial charge in [0, 0.05) is 63.9 Å². The van der Waals surface area contributed by atoms with Crippen LogP contribution in [-0.4, -0.2) is 92.0 Å². The number of fused-ring (bicyclic) bond motifs is 3. The highest BCUT2D eigenvalue weighted by Gasteiger charge is 2.40. The molecule has 0 aromatic carbocycles. The summed E-state index contributed by atoms with van der Waals surface area (Å²) in [6, 6.07) is 0.652. The summed E-state index contributed by atoms with van der Waals surface area (Å²) in [6.45, 7) is 8.89. The first-order valence-corrected chi connectivity index (χ1v) is 10.9. The molecule has 4 aliphatic heterocycles. The summed E-state index contributed by atoms with van der Waals surface area (Å²) in [5.74, 6) is 4.43. The summed E-state index contributed by atoms with van der Waals surface area (Å²) >= 11 is 7.45. The zero-order valence-corrected chi connectivity index (χ0v) is 16.5. The molecule has 2 N–H and O–H groups in total. The van der Waals surface area contributed by atoms with Crippen LogP contribution in [0.25, 0.3) is 0 Å². The lowest BCUT2D eigenvalue weighted by Gasteiger charge is -2.51. The van der Waals surface area contributed by atoms with Gasteiger partial charge in [0.05, 0.1) is 6.61 Å². The SMILES string of the molecule is COCCNC(=S)NCC1CC2CCN1CC2CN1CCSCC1. The number of methoxy groups -OCH3 is 1. The van der Waals surface area contributed by atoms with Crippen molar-refractivity contribution in [3.8, 4) is 0 Å². The Morgan fingerprint density at radius 3 is 2.79 bits per heavy atom. The van der Waals surface area contributed by atoms with Crippen LogP contribution in [0.4, 0.5) is 0 Å². The summed E-state index contributed by atoms with van der Waals surface area (Å²) in [4.78, 5) is 5.40. The molecule has 4 saturated heterocycles. The first kappa shape index (κ1) is 18.7. The summed E-state index contributed by atoms with van der Waals surface area (Å²) in [5.41, 5.74) is 0. The monoisotopic (exact) mass is 372 g/mol. The lowest BCUT2D eigenvalue weighted by atomic mass is 9.75. The van der Waals surface area contributed by atoms with Crippen LogP contribution in [0.3, 0.4) is 0 Å². The predicted molar refractivity (Wildman–Crippen MR) is 106 cm³/mol. The third-order valence-corrected chi connectivity index (χ3v) is 6.93. The number of nitrogens with zero attached hydrogens (tertiary/aromatic N) is 2. The topological polar surface area (TPSA) is 39.8 Å². The molecule has 24 heavy (non-hydrogen) atoms. The van der Waals surface area contributed by atoms with E-state index in [1.807, 2.05) is 0 Å². The van der Waals surface area contributed by atoms with E-state index in [0.29, 0.717) is 12.6 Å². The van der Waals surface area contributed by atoms with Crippen molar-refractivity contribution in [1.29, 1.82) is 0 Å². The number of piperidine rings is 3. The summed E-state index contributed by atoms with van der Waals surface area (Å²) < 4.78 is 5.04. The van der Waals surface area contributed by atoms with Crippen molar-refractivity contribution in [2.75, 3.05) is 71.0 Å². The Balaban J connectivity index is 1.39. The number of hydrogen-bond acceptors (Lipinski definition) is 5. The van der Waals surface area contributed by atoms with E-state index in [2.05, 4.69) is 32.2 Å². The molecule has 0 aliphatic carbocycles. The molecule has 0 spiro atoms. The third kappa shape index (κ3) is 5.21. The molecule has 0 aromatic heterocycles. The zero-order chi connectivity index (χ0) is 16.8. The number of thiocarbonyl (C=S) groups is 1. The Kier molecular flexibility index (Phi) is 7.46. The minimum absolute atomic E-state index is 0.652. The average Bonchev–Trinajstić information content (AvgIpc) is 2.62. The van der Waals surface area contributed by atoms with Gasteiger partial charge in [-0.1, -0.05) is 0 Å². The second-order valence-electron chi connectivity index (χ2n) is 7.24. The van der Waals surface area contributed by atoms with Gasteiger partial charge in [-0.05, 0) is 43.4 Å². The van der Waals surface area contributed by atoms with Crippen molar-refractivity contribution < 1.29 is 4.74 Å². The van der Waals surface area contributed by atoms with E-state index in [1.165, 1.54) is 57.1 Å². The summed E-state index contributed by atoms with van der Waals surface area (Å²) in [6.07, 6.45) is 2.72. The maximum absolute atomic E-state index is 5.35. The Bertz CT molecular complexity index is 406. The lowest BCUT2D eigenvalue weighted by molar-refractivity contribution is -0.00942. The molecule has 4 rings (SSSR count). The van der Waals surface area contributed by atoms with Crippen molar-refractivity contribution in [1.82, 2.24) is 20.4 Å². The van der Waals surface area contributed by atoms with E-state index in [1.54, 1.807) is 7.11 Å². The van der Waals surface area contributed by atoms with Crippen molar-refractivity contribution >= 4 is 29.1 Å². The molecule has 0 aromatic rings. The molecule has 5 nitrogen and oxygen atoms in total. The second-order valence-corrected chi connectivity index (χ2v) is 8.87. The van der Waals surface area contributed by atoms with Gasteiger partial charge in [0.2, 0.25) is 0 Å². The van der Waals surface area contributed by atoms with Crippen LogP contribution in [0.5, 0.6) is 0 Å². The number of nitrogens with one attached hydrogen (secondary N) is 2. The quantitative estimate of drug-likeness (QED) is 0.507. The Morgan fingerprint density at radius 2 is 2.08 bits per heavy atom. The van der Waals surface area contributed by atoms with Crippen LogP contribution >= 0.6 is 24.0 Å². The molecule has 4 fully saturated rings. The van der Waals surface area contributed by atoms with E-state index >= 15 is 0 Å². The Labute approximate surface area is 156 Å². The molecule has 0 radical (unpaired) electrons. The third-order valence-electron chi connectivity index (χ3n) is 5.70. The van der Waals surface area contributed by atoms with Gasteiger partial charge in [0.25, 0.3) is 0 Å². The normalized spacial score (nSPS) is 33.4. The minimum Gasteiger partial charge on any atom is -0.383 e. The average molecular weight is 373 g/mol. The lowest BCUT2D eigenvalue weighted by Crippen LogP contribution is -2.59. The fourth-order valence-electron chi connectivity index (χ4n) is 4.32. The summed E-state index contributed by atoms with van der Waals surface area (Å²) in [5, 5.41) is 7.36. The molecule has 7 heteroatoms. The first-order chi connectivity index (χ1) is 11.8. The van der Waals surface area contributed by atoms with Crippen LogP contribution in [0.15, 0.2) is 0 Å². The Morgan fingerprint density at radius 1 is 1.25 bits per heavy atom. The second kappa shape index (κ2) is 9.57. The highest BCUT2D eigenvalue weighted by Crippen LogP contribution is 2.36. The largest absolute Gasteiger partial charge is 0.383 e. The molecule has 4 heterocycles. The van der Waals surface area contributed by atoms with Crippen LogP contribution in [-0.2, 0) is 4.74 Å². The molecule has 0 saturated carbocycles. The van der Waals surface area contributed by atoms with Gasteiger partial charge in [-0.3, -0.25) is 4.90 Å². The molecule has 138 valence electrons. The van der Waals surface area contributed by atoms with Gasteiger partial charge in [0.1, 0.15) is 0 Å². The number of rotatable bonds is 7. The molecular formula is C17H32N4OS2. The molecular weight excluding hydrogens is 340 g/mol. The summed E-state index contributed by atoms with van der Waals surface area (Å²) in [7, 11) is 1.71. The zero-order valence-electron chi connectivity index (χ0n) is 14.8. The smallest absolute Gasteiger partial charge is 0.166 e. The van der Waals surface area contributed by atoms with Gasteiger partial charge < -0.3 is 20.3 Å². The van der Waals surface area contributed by atoms with E-state index in [4.69, 9.17) is 17.0 Å². The van der Waals surface area contributed by atoms with Gasteiger partial charge >= 0.3 is 0 Å². The molecule has 4 aliphatic rings. The van der Waals surface area contributed by atoms with Gasteiger partial charge in [0.15, 0.2) is 5.11 Å². The van der Waals surface area contributed by atoms with E-state index in [0.717, 1.165) is 30.0 Å². The fourth-order valence-corrected chi connectivity index (χ4v) is 5.49. The molecule has 2 bridgehead atoms. The minimum atomic E-state index is 0.652. The van der Waals surface area contributed by atoms with Crippen molar-refractivity contribution in [2.24, 2.45) is 11.8 Å². The predicted octanol–water partition coefficient (Wildman–Crippen LogP) is 0.856. The van der Waals surface area contributed by atoms with Gasteiger partial charge in [-0.15, -0.1) is 0 Å². The first-order valence-electron chi connectivity index (χ1n) is 9.31. The number of ether oxygens (including phenoxy) is 1. The highest BCUT2D eigenvalue weighted by molar-refractivity contribution is 7.99. The van der Waals surface area contributed by atoms with Crippen molar-refractivity contribution in [3.63, 3.8) is 0 Å². The van der Waals surface area contributed by atoms with E-state index < -0.39 is 0 Å². The van der Waals surface area contributed by atoms with Gasteiger partial charge in [-0.2, -0.15) is 11.8 Å². The highest BCUT2D eigenvalue weighted by atomic mass is 32.2. The van der Waals surface area contributed by atoms with Gasteiger partial charge in [-0.25, -0.2) is 0 Å². The van der Waals surface area contributed by atoms with E-state index in [9.17, 15) is 0 Å². The molecule has 4 unspecified atom stereocenters. The van der Waals surface area contributed by atoms with E-state index in [-0.39, 0.29) is 0 Å². The Hall–Kier alpha value is -0.0800. The maximum atomic E-state index is 5.35.